The highest BCUT2D eigenvalue weighted by Crippen LogP contribution is 2.32. The van der Waals surface area contributed by atoms with E-state index in [9.17, 15) is 14.4 Å². The van der Waals surface area contributed by atoms with Crippen LogP contribution >= 0.6 is 11.8 Å². The van der Waals surface area contributed by atoms with E-state index >= 15 is 0 Å². The van der Waals surface area contributed by atoms with Crippen LogP contribution in [0.2, 0.25) is 0 Å². The first kappa shape index (κ1) is 19.7. The van der Waals surface area contributed by atoms with Crippen molar-refractivity contribution >= 4 is 34.9 Å². The number of nitrogens with one attached hydrogen (secondary N) is 1. The van der Waals surface area contributed by atoms with Gasteiger partial charge < -0.3 is 14.6 Å². The van der Waals surface area contributed by atoms with Gasteiger partial charge in [-0.2, -0.15) is 0 Å². The third-order valence-electron chi connectivity index (χ3n) is 4.17. The maximum Gasteiger partial charge on any atom is 0.293 e. The average molecular weight is 401 g/mol. The molecule has 28 heavy (non-hydrogen) atoms. The van der Waals surface area contributed by atoms with Crippen LogP contribution in [0.5, 0.6) is 5.75 Å². The van der Waals surface area contributed by atoms with Gasteiger partial charge in [0.2, 0.25) is 0 Å². The van der Waals surface area contributed by atoms with E-state index < -0.39 is 0 Å². The van der Waals surface area contributed by atoms with Crippen LogP contribution in [-0.4, -0.2) is 47.3 Å². The van der Waals surface area contributed by atoms with Gasteiger partial charge in [0.15, 0.2) is 0 Å². The summed E-state index contributed by atoms with van der Waals surface area (Å²) < 4.78 is 10.1. The second-order valence-electron chi connectivity index (χ2n) is 6.06. The molecule has 8 nitrogen and oxygen atoms in total. The van der Waals surface area contributed by atoms with Gasteiger partial charge in [0, 0.05) is 13.1 Å². The number of hydrogen-bond acceptors (Lipinski definition) is 7. The zero-order valence-corrected chi connectivity index (χ0v) is 16.5. The van der Waals surface area contributed by atoms with E-state index in [1.807, 2.05) is 0 Å². The van der Waals surface area contributed by atoms with E-state index in [1.165, 1.54) is 0 Å². The molecule has 1 aromatic carbocycles. The van der Waals surface area contributed by atoms with Gasteiger partial charge in [-0.05, 0) is 49.4 Å². The zero-order valence-electron chi connectivity index (χ0n) is 15.6. The molecule has 1 N–H and O–H groups in total. The van der Waals surface area contributed by atoms with Crippen LogP contribution in [0.15, 0.2) is 33.7 Å². The summed E-state index contributed by atoms with van der Waals surface area (Å²) >= 11 is 0.878. The van der Waals surface area contributed by atoms with Crippen molar-refractivity contribution in [2.45, 2.75) is 13.8 Å². The van der Waals surface area contributed by atoms with Gasteiger partial charge in [-0.15, -0.1) is 0 Å². The summed E-state index contributed by atoms with van der Waals surface area (Å²) in [7, 11) is 1.57. The Hall–Kier alpha value is -3.07. The number of hydrogen-bond donors (Lipinski definition) is 1. The van der Waals surface area contributed by atoms with Gasteiger partial charge in [-0.1, -0.05) is 17.3 Å². The molecule has 0 bridgehead atoms. The molecule has 1 aromatic heterocycles. The fourth-order valence-corrected chi connectivity index (χ4v) is 3.59. The Morgan fingerprint density at radius 2 is 2.00 bits per heavy atom. The van der Waals surface area contributed by atoms with E-state index in [0.29, 0.717) is 27.7 Å². The minimum atomic E-state index is -0.377. The molecular formula is C19H19N3O5S. The van der Waals surface area contributed by atoms with Crippen molar-refractivity contribution in [2.75, 3.05) is 20.2 Å². The molecule has 2 heterocycles. The van der Waals surface area contributed by atoms with Gasteiger partial charge in [-0.25, -0.2) is 0 Å². The zero-order chi connectivity index (χ0) is 20.3. The molecule has 1 aliphatic heterocycles. The molecule has 0 aliphatic carbocycles. The van der Waals surface area contributed by atoms with Crippen LogP contribution < -0.4 is 10.1 Å². The van der Waals surface area contributed by atoms with E-state index in [1.54, 1.807) is 51.3 Å². The fourth-order valence-electron chi connectivity index (χ4n) is 2.72. The third kappa shape index (κ3) is 4.09. The number of aromatic nitrogens is 1. The molecule has 1 aliphatic rings. The SMILES string of the molecule is COc1ccc(C=C2SC(=O)N(CCNC(=O)c3c(C)noc3C)C2=O)cc1. The number of rotatable bonds is 6. The van der Waals surface area contributed by atoms with Crippen molar-refractivity contribution in [3.8, 4) is 5.75 Å². The summed E-state index contributed by atoms with van der Waals surface area (Å²) in [6.07, 6.45) is 1.66. The number of carbonyl (C=O) groups is 3. The van der Waals surface area contributed by atoms with Gasteiger partial charge in [0.25, 0.3) is 17.1 Å². The van der Waals surface area contributed by atoms with Crippen molar-refractivity contribution in [3.63, 3.8) is 0 Å². The second kappa shape index (κ2) is 8.30. The van der Waals surface area contributed by atoms with E-state index in [0.717, 1.165) is 22.2 Å². The number of aryl methyl sites for hydroxylation is 2. The van der Waals surface area contributed by atoms with Crippen molar-refractivity contribution in [2.24, 2.45) is 0 Å². The Morgan fingerprint density at radius 3 is 2.61 bits per heavy atom. The fraction of sp³-hybridized carbons (Fsp3) is 0.263. The Morgan fingerprint density at radius 1 is 1.29 bits per heavy atom. The van der Waals surface area contributed by atoms with Crippen LogP contribution in [0.3, 0.4) is 0 Å². The molecule has 0 radical (unpaired) electrons. The Balaban J connectivity index is 1.60. The number of nitrogens with zero attached hydrogens (tertiary/aromatic N) is 2. The molecule has 0 saturated carbocycles. The molecule has 2 aromatic rings. The smallest absolute Gasteiger partial charge is 0.293 e. The molecular weight excluding hydrogens is 382 g/mol. The normalized spacial score (nSPS) is 15.4. The minimum Gasteiger partial charge on any atom is -0.497 e. The highest BCUT2D eigenvalue weighted by atomic mass is 32.2. The number of carbonyl (C=O) groups excluding carboxylic acids is 3. The summed E-state index contributed by atoms with van der Waals surface area (Å²) in [4.78, 5) is 38.4. The van der Waals surface area contributed by atoms with Gasteiger partial charge >= 0.3 is 0 Å². The largest absolute Gasteiger partial charge is 0.497 e. The van der Waals surface area contributed by atoms with Crippen LogP contribution in [0.1, 0.15) is 27.4 Å². The number of benzene rings is 1. The second-order valence-corrected chi connectivity index (χ2v) is 7.05. The van der Waals surface area contributed by atoms with Crippen molar-refractivity contribution in [3.05, 3.63) is 51.8 Å². The van der Waals surface area contributed by atoms with Gasteiger partial charge in [-0.3, -0.25) is 19.3 Å². The van der Waals surface area contributed by atoms with Crippen molar-refractivity contribution in [1.82, 2.24) is 15.4 Å². The monoisotopic (exact) mass is 401 g/mol. The molecule has 0 unspecified atom stereocenters. The summed E-state index contributed by atoms with van der Waals surface area (Å²) in [5, 5.41) is 6.05. The molecule has 1 fully saturated rings. The maximum atomic E-state index is 12.5. The first-order valence-electron chi connectivity index (χ1n) is 8.51. The third-order valence-corrected chi connectivity index (χ3v) is 5.08. The first-order chi connectivity index (χ1) is 13.4. The van der Waals surface area contributed by atoms with Crippen LogP contribution in [0.4, 0.5) is 4.79 Å². The molecule has 1 saturated heterocycles. The summed E-state index contributed by atoms with van der Waals surface area (Å²) in [5.41, 5.74) is 1.65. The predicted octanol–water partition coefficient (Wildman–Crippen LogP) is 2.77. The van der Waals surface area contributed by atoms with E-state index in [4.69, 9.17) is 9.26 Å². The number of amides is 3. The Kier molecular flexibility index (Phi) is 5.84. The molecule has 9 heteroatoms. The van der Waals surface area contributed by atoms with Gasteiger partial charge in [0.05, 0.1) is 17.7 Å². The first-order valence-corrected chi connectivity index (χ1v) is 9.33. The lowest BCUT2D eigenvalue weighted by Gasteiger charge is -2.12. The summed E-state index contributed by atoms with van der Waals surface area (Å²) in [5.74, 6) is 0.400. The summed E-state index contributed by atoms with van der Waals surface area (Å²) in [6, 6.07) is 7.16. The van der Waals surface area contributed by atoms with Crippen molar-refractivity contribution < 1.29 is 23.6 Å². The lowest BCUT2D eigenvalue weighted by molar-refractivity contribution is -0.122. The molecule has 3 rings (SSSR count). The summed E-state index contributed by atoms with van der Waals surface area (Å²) in [6.45, 7) is 3.54. The highest BCUT2D eigenvalue weighted by molar-refractivity contribution is 8.18. The number of imide groups is 1. The van der Waals surface area contributed by atoms with Crippen LogP contribution in [0, 0.1) is 13.8 Å². The number of methoxy groups -OCH3 is 1. The highest BCUT2D eigenvalue weighted by Gasteiger charge is 2.34. The van der Waals surface area contributed by atoms with Crippen LogP contribution in [0.25, 0.3) is 6.08 Å². The molecule has 0 spiro atoms. The molecule has 3 amide bonds. The lowest BCUT2D eigenvalue weighted by atomic mass is 10.2. The molecule has 0 atom stereocenters. The predicted molar refractivity (Wildman–Crippen MR) is 104 cm³/mol. The van der Waals surface area contributed by atoms with Crippen LogP contribution in [-0.2, 0) is 4.79 Å². The minimum absolute atomic E-state index is 0.0831. The number of ether oxygens (including phenoxy) is 1. The topological polar surface area (TPSA) is 102 Å². The van der Waals surface area contributed by atoms with Gasteiger partial charge in [0.1, 0.15) is 17.1 Å². The average Bonchev–Trinajstić information content (AvgIpc) is 3.15. The van der Waals surface area contributed by atoms with E-state index in [-0.39, 0.29) is 30.1 Å². The molecule has 146 valence electrons. The van der Waals surface area contributed by atoms with Crippen molar-refractivity contribution in [1.29, 1.82) is 0 Å². The maximum absolute atomic E-state index is 12.5. The number of thioether (sulfide) groups is 1. The Labute approximate surface area is 165 Å². The van der Waals surface area contributed by atoms with E-state index in [2.05, 4.69) is 10.5 Å². The Bertz CT molecular complexity index is 929. The lowest BCUT2D eigenvalue weighted by Crippen LogP contribution is -2.37. The quantitative estimate of drug-likeness (QED) is 0.743. The standard InChI is InChI=1S/C19H19N3O5S/c1-11-16(12(2)27-21-11)17(23)20-8-9-22-18(24)15(28-19(22)25)10-13-4-6-14(26-3)7-5-13/h4-7,10H,8-9H2,1-3H3,(H,20,23).